The van der Waals surface area contributed by atoms with E-state index < -0.39 is 0 Å². The number of nitrogens with one attached hydrogen (secondary N) is 1. The zero-order valence-corrected chi connectivity index (χ0v) is 15.7. The van der Waals surface area contributed by atoms with Crippen molar-refractivity contribution in [3.05, 3.63) is 70.2 Å². The van der Waals surface area contributed by atoms with E-state index in [0.717, 1.165) is 27.8 Å². The summed E-state index contributed by atoms with van der Waals surface area (Å²) in [5, 5.41) is 2.95. The Hall–Kier alpha value is -2.07. The zero-order chi connectivity index (χ0) is 17.3. The lowest BCUT2D eigenvalue weighted by molar-refractivity contribution is -0.111. The summed E-state index contributed by atoms with van der Waals surface area (Å²) in [5.41, 5.74) is 4.09. The minimum absolute atomic E-state index is 0.0339. The van der Waals surface area contributed by atoms with Gasteiger partial charge in [0.25, 0.3) is 0 Å². The van der Waals surface area contributed by atoms with Gasteiger partial charge in [0.05, 0.1) is 5.69 Å². The summed E-state index contributed by atoms with van der Waals surface area (Å²) in [5.74, 6) is -0.128. The van der Waals surface area contributed by atoms with Crippen LogP contribution in [0, 0.1) is 0 Å². The molecule has 24 heavy (non-hydrogen) atoms. The lowest BCUT2D eigenvalue weighted by Crippen LogP contribution is -2.45. The van der Waals surface area contributed by atoms with Crippen LogP contribution in [0.25, 0.3) is 5.70 Å². The molecule has 124 valence electrons. The van der Waals surface area contributed by atoms with Gasteiger partial charge >= 0.3 is 0 Å². The van der Waals surface area contributed by atoms with Gasteiger partial charge < -0.3 is 10.2 Å². The van der Waals surface area contributed by atoms with Crippen LogP contribution in [0.15, 0.2) is 59.1 Å². The summed E-state index contributed by atoms with van der Waals surface area (Å²) >= 11 is 3.46. The maximum Gasteiger partial charge on any atom is 0.250 e. The van der Waals surface area contributed by atoms with Gasteiger partial charge in [-0.2, -0.15) is 0 Å². The predicted molar refractivity (Wildman–Crippen MR) is 103 cm³/mol. The molecule has 1 aliphatic rings. The standard InChI is InChI=1S/C20H21BrN2O/c1-20(2)13-14-8-4-5-9-15(14)18(23(20)3)12-19(24)22-17-11-7-6-10-16(17)21/h4-12H,13H2,1-3H3,(H,22,24)/b18-12-. The number of hydrogen-bond acceptors (Lipinski definition) is 2. The van der Waals surface area contributed by atoms with Crippen LogP contribution in [0.5, 0.6) is 0 Å². The molecule has 0 saturated heterocycles. The van der Waals surface area contributed by atoms with E-state index in [1.54, 1.807) is 6.08 Å². The number of halogens is 1. The normalized spacial score (nSPS) is 17.5. The fraction of sp³-hybridized carbons (Fsp3) is 0.250. The number of likely N-dealkylation sites (N-methyl/N-ethyl adjacent to an activating group) is 1. The van der Waals surface area contributed by atoms with Crippen molar-refractivity contribution in [3.63, 3.8) is 0 Å². The highest BCUT2D eigenvalue weighted by Gasteiger charge is 2.33. The quantitative estimate of drug-likeness (QED) is 0.761. The maximum absolute atomic E-state index is 12.6. The molecule has 3 rings (SSSR count). The third-order valence-corrected chi connectivity index (χ3v) is 5.28. The van der Waals surface area contributed by atoms with Gasteiger partial charge in [-0.1, -0.05) is 36.4 Å². The molecule has 0 spiro atoms. The minimum atomic E-state index is -0.128. The number of anilines is 1. The summed E-state index contributed by atoms with van der Waals surface area (Å²) in [6.45, 7) is 4.39. The van der Waals surface area contributed by atoms with Gasteiger partial charge in [0.2, 0.25) is 5.91 Å². The Morgan fingerprint density at radius 3 is 2.58 bits per heavy atom. The van der Waals surface area contributed by atoms with Crippen molar-refractivity contribution in [2.75, 3.05) is 12.4 Å². The van der Waals surface area contributed by atoms with E-state index in [-0.39, 0.29) is 11.4 Å². The van der Waals surface area contributed by atoms with E-state index in [1.807, 2.05) is 37.4 Å². The second kappa shape index (κ2) is 6.44. The first-order valence-electron chi connectivity index (χ1n) is 7.98. The average molecular weight is 385 g/mol. The molecule has 0 unspecified atom stereocenters. The van der Waals surface area contributed by atoms with Crippen LogP contribution in [0.4, 0.5) is 5.69 Å². The number of nitrogens with zero attached hydrogens (tertiary/aromatic N) is 1. The lowest BCUT2D eigenvalue weighted by Gasteiger charge is -2.44. The van der Waals surface area contributed by atoms with E-state index in [1.165, 1.54) is 5.56 Å². The molecule has 0 aromatic heterocycles. The van der Waals surface area contributed by atoms with Crippen LogP contribution in [0.3, 0.4) is 0 Å². The number of carbonyl (C=O) groups is 1. The van der Waals surface area contributed by atoms with Crippen molar-refractivity contribution < 1.29 is 4.79 Å². The van der Waals surface area contributed by atoms with E-state index in [0.29, 0.717) is 0 Å². The molecule has 0 radical (unpaired) electrons. The van der Waals surface area contributed by atoms with Gasteiger partial charge in [-0.3, -0.25) is 4.79 Å². The molecule has 1 heterocycles. The van der Waals surface area contributed by atoms with Gasteiger partial charge in [0.15, 0.2) is 0 Å². The average Bonchev–Trinajstić information content (AvgIpc) is 2.54. The molecule has 1 N–H and O–H groups in total. The molecule has 0 fully saturated rings. The number of benzene rings is 2. The number of amides is 1. The summed E-state index contributed by atoms with van der Waals surface area (Å²) in [6.07, 6.45) is 2.65. The SMILES string of the molecule is CN1/C(=C\C(=O)Nc2ccccc2Br)c2ccccc2CC1(C)C. The Kier molecular flexibility index (Phi) is 4.50. The molecule has 0 saturated carbocycles. The number of para-hydroxylation sites is 1. The zero-order valence-electron chi connectivity index (χ0n) is 14.1. The Bertz CT molecular complexity index is 811. The molecule has 0 aliphatic carbocycles. The molecular weight excluding hydrogens is 364 g/mol. The Morgan fingerprint density at radius 2 is 1.83 bits per heavy atom. The van der Waals surface area contributed by atoms with Gasteiger partial charge in [0.1, 0.15) is 0 Å². The van der Waals surface area contributed by atoms with E-state index in [4.69, 9.17) is 0 Å². The van der Waals surface area contributed by atoms with Crippen LogP contribution in [0.1, 0.15) is 25.0 Å². The van der Waals surface area contributed by atoms with Crippen LogP contribution in [0.2, 0.25) is 0 Å². The number of fused-ring (bicyclic) bond motifs is 1. The first kappa shape index (κ1) is 16.8. The molecule has 0 atom stereocenters. The summed E-state index contributed by atoms with van der Waals surface area (Å²) in [7, 11) is 2.05. The summed E-state index contributed by atoms with van der Waals surface area (Å²) in [4.78, 5) is 14.8. The van der Waals surface area contributed by atoms with Gasteiger partial charge in [-0.05, 0) is 53.9 Å². The highest BCUT2D eigenvalue weighted by atomic mass is 79.9. The van der Waals surface area contributed by atoms with Gasteiger partial charge in [0, 0.05) is 34.4 Å². The van der Waals surface area contributed by atoms with E-state index >= 15 is 0 Å². The van der Waals surface area contributed by atoms with Crippen LogP contribution in [-0.4, -0.2) is 23.4 Å². The highest BCUT2D eigenvalue weighted by Crippen LogP contribution is 2.36. The summed E-state index contributed by atoms with van der Waals surface area (Å²) in [6, 6.07) is 15.9. The maximum atomic E-state index is 12.6. The molecule has 4 heteroatoms. The number of carbonyl (C=O) groups excluding carboxylic acids is 1. The summed E-state index contributed by atoms with van der Waals surface area (Å²) < 4.78 is 0.870. The van der Waals surface area contributed by atoms with Crippen LogP contribution >= 0.6 is 15.9 Å². The molecule has 2 aromatic carbocycles. The largest absolute Gasteiger partial charge is 0.368 e. The fourth-order valence-corrected chi connectivity index (χ4v) is 3.43. The van der Waals surface area contributed by atoms with Gasteiger partial charge in [-0.25, -0.2) is 0 Å². The molecular formula is C20H21BrN2O. The van der Waals surface area contributed by atoms with E-state index in [2.05, 4.69) is 58.2 Å². The lowest BCUT2D eigenvalue weighted by atomic mass is 9.84. The van der Waals surface area contributed by atoms with Crippen LogP contribution < -0.4 is 5.32 Å². The molecule has 1 aliphatic heterocycles. The monoisotopic (exact) mass is 384 g/mol. The second-order valence-corrected chi connectivity index (χ2v) is 7.56. The van der Waals surface area contributed by atoms with Crippen molar-refractivity contribution in [1.29, 1.82) is 0 Å². The van der Waals surface area contributed by atoms with Gasteiger partial charge in [-0.15, -0.1) is 0 Å². The first-order chi connectivity index (χ1) is 11.4. The molecule has 1 amide bonds. The number of rotatable bonds is 2. The highest BCUT2D eigenvalue weighted by molar-refractivity contribution is 9.10. The Balaban J connectivity index is 1.96. The van der Waals surface area contributed by atoms with Crippen molar-refractivity contribution in [2.24, 2.45) is 0 Å². The third kappa shape index (κ3) is 3.24. The Labute approximate surface area is 151 Å². The number of hydrogen-bond donors (Lipinski definition) is 1. The topological polar surface area (TPSA) is 32.3 Å². The van der Waals surface area contributed by atoms with Crippen LogP contribution in [-0.2, 0) is 11.2 Å². The van der Waals surface area contributed by atoms with Crippen molar-refractivity contribution >= 4 is 33.2 Å². The second-order valence-electron chi connectivity index (χ2n) is 6.70. The Morgan fingerprint density at radius 1 is 1.17 bits per heavy atom. The molecule has 2 aromatic rings. The minimum Gasteiger partial charge on any atom is -0.368 e. The third-order valence-electron chi connectivity index (χ3n) is 4.59. The predicted octanol–water partition coefficient (Wildman–Crippen LogP) is 4.70. The fourth-order valence-electron chi connectivity index (χ4n) is 3.05. The molecule has 0 bridgehead atoms. The molecule has 3 nitrogen and oxygen atoms in total. The van der Waals surface area contributed by atoms with E-state index in [9.17, 15) is 4.79 Å². The first-order valence-corrected chi connectivity index (χ1v) is 8.77. The van der Waals surface area contributed by atoms with Crippen molar-refractivity contribution in [3.8, 4) is 0 Å². The van der Waals surface area contributed by atoms with Crippen molar-refractivity contribution in [2.45, 2.75) is 25.8 Å². The van der Waals surface area contributed by atoms with Crippen molar-refractivity contribution in [1.82, 2.24) is 4.90 Å². The smallest absolute Gasteiger partial charge is 0.250 e.